The van der Waals surface area contributed by atoms with Crippen LogP contribution >= 0.6 is 27.7 Å². The summed E-state index contributed by atoms with van der Waals surface area (Å²) < 4.78 is 6.25. The van der Waals surface area contributed by atoms with E-state index in [9.17, 15) is 4.79 Å². The smallest absolute Gasteiger partial charge is 0.246 e. The molecule has 3 aromatic rings. The fourth-order valence-electron chi connectivity index (χ4n) is 2.41. The third kappa shape index (κ3) is 4.74. The van der Waals surface area contributed by atoms with Gasteiger partial charge < -0.3 is 9.42 Å². The minimum atomic E-state index is -0.199. The van der Waals surface area contributed by atoms with Crippen molar-refractivity contribution in [2.24, 2.45) is 0 Å². The molecule has 0 radical (unpaired) electrons. The van der Waals surface area contributed by atoms with Crippen molar-refractivity contribution < 1.29 is 9.32 Å². The van der Waals surface area contributed by atoms with Crippen molar-refractivity contribution >= 4 is 33.6 Å². The van der Waals surface area contributed by atoms with Gasteiger partial charge in [-0.05, 0) is 31.2 Å². The Balaban J connectivity index is 1.62. The fraction of sp³-hybridized carbons (Fsp3) is 0.211. The van der Waals surface area contributed by atoms with Crippen LogP contribution in [0.15, 0.2) is 68.5 Å². The molecule has 0 saturated carbocycles. The molecule has 1 atom stereocenters. The Labute approximate surface area is 164 Å². The molecule has 1 unspecified atom stereocenters. The van der Waals surface area contributed by atoms with Crippen molar-refractivity contribution in [3.8, 4) is 11.4 Å². The van der Waals surface area contributed by atoms with Crippen LogP contribution in [0.1, 0.15) is 12.8 Å². The van der Waals surface area contributed by atoms with E-state index in [4.69, 9.17) is 4.52 Å². The Morgan fingerprint density at radius 1 is 1.23 bits per heavy atom. The molecule has 1 amide bonds. The Morgan fingerprint density at radius 2 is 2.00 bits per heavy atom. The van der Waals surface area contributed by atoms with Crippen molar-refractivity contribution in [1.29, 1.82) is 0 Å². The summed E-state index contributed by atoms with van der Waals surface area (Å²) in [5.41, 5.74) is 0.858. The SMILES string of the molecule is CC(Sc1ccccc1)C(=O)N(C)Cc1nc(-c2cccc(Br)c2)no1. The molecule has 0 N–H and O–H groups in total. The molecule has 1 heterocycles. The van der Waals surface area contributed by atoms with Crippen LogP contribution in [0, 0.1) is 0 Å². The third-order valence-electron chi connectivity index (χ3n) is 3.70. The molecular weight excluding hydrogens is 414 g/mol. The highest BCUT2D eigenvalue weighted by atomic mass is 79.9. The lowest BCUT2D eigenvalue weighted by molar-refractivity contribution is -0.129. The number of carbonyl (C=O) groups is 1. The highest BCUT2D eigenvalue weighted by Crippen LogP contribution is 2.24. The Morgan fingerprint density at radius 3 is 2.73 bits per heavy atom. The first-order chi connectivity index (χ1) is 12.5. The highest BCUT2D eigenvalue weighted by molar-refractivity contribution is 9.10. The first-order valence-corrected chi connectivity index (χ1v) is 9.75. The maximum absolute atomic E-state index is 12.6. The summed E-state index contributed by atoms with van der Waals surface area (Å²) >= 11 is 4.96. The summed E-state index contributed by atoms with van der Waals surface area (Å²) in [6.45, 7) is 2.18. The number of hydrogen-bond donors (Lipinski definition) is 0. The highest BCUT2D eigenvalue weighted by Gasteiger charge is 2.21. The van der Waals surface area contributed by atoms with Crippen molar-refractivity contribution in [2.75, 3.05) is 7.05 Å². The van der Waals surface area contributed by atoms with Crippen LogP contribution in [0.4, 0.5) is 0 Å². The Hall–Kier alpha value is -2.12. The van der Waals surface area contributed by atoms with Gasteiger partial charge in [-0.3, -0.25) is 4.79 Å². The zero-order chi connectivity index (χ0) is 18.5. The Bertz CT molecular complexity index is 885. The number of aromatic nitrogens is 2. The van der Waals surface area contributed by atoms with Crippen molar-refractivity contribution in [1.82, 2.24) is 15.0 Å². The second kappa shape index (κ2) is 8.51. The predicted molar refractivity (Wildman–Crippen MR) is 106 cm³/mol. The van der Waals surface area contributed by atoms with Crippen LogP contribution in [0.25, 0.3) is 11.4 Å². The molecule has 5 nitrogen and oxygen atoms in total. The van der Waals surface area contributed by atoms with E-state index in [0.717, 1.165) is 14.9 Å². The van der Waals surface area contributed by atoms with E-state index >= 15 is 0 Å². The van der Waals surface area contributed by atoms with Crippen molar-refractivity contribution in [2.45, 2.75) is 23.6 Å². The molecule has 0 aliphatic heterocycles. The van der Waals surface area contributed by atoms with Gasteiger partial charge in [0, 0.05) is 22.0 Å². The number of hydrogen-bond acceptors (Lipinski definition) is 5. The molecule has 0 aliphatic rings. The van der Waals surface area contributed by atoms with E-state index in [2.05, 4.69) is 26.1 Å². The van der Waals surface area contributed by atoms with E-state index in [1.54, 1.807) is 11.9 Å². The van der Waals surface area contributed by atoms with Crippen LogP contribution < -0.4 is 0 Å². The molecule has 3 rings (SSSR count). The number of nitrogens with zero attached hydrogens (tertiary/aromatic N) is 3. The number of carbonyl (C=O) groups excluding carboxylic acids is 1. The van der Waals surface area contributed by atoms with Crippen molar-refractivity contribution in [3.05, 3.63) is 65.0 Å². The molecular formula is C19H18BrN3O2S. The second-order valence-corrected chi connectivity index (χ2v) is 8.12. The van der Waals surface area contributed by atoms with Crippen LogP contribution in [-0.2, 0) is 11.3 Å². The largest absolute Gasteiger partial charge is 0.337 e. The first-order valence-electron chi connectivity index (χ1n) is 8.08. The average molecular weight is 432 g/mol. The molecule has 134 valence electrons. The van der Waals surface area contributed by atoms with Gasteiger partial charge in [-0.15, -0.1) is 11.8 Å². The molecule has 2 aromatic carbocycles. The van der Waals surface area contributed by atoms with Crippen LogP contribution in [0.5, 0.6) is 0 Å². The number of benzene rings is 2. The zero-order valence-electron chi connectivity index (χ0n) is 14.4. The van der Waals surface area contributed by atoms with Gasteiger partial charge in [-0.1, -0.05) is 51.4 Å². The lowest BCUT2D eigenvalue weighted by Gasteiger charge is -2.19. The molecule has 0 fully saturated rings. The van der Waals surface area contributed by atoms with Gasteiger partial charge in [0.05, 0.1) is 11.8 Å². The fourth-order valence-corrected chi connectivity index (χ4v) is 3.81. The molecule has 1 aromatic heterocycles. The van der Waals surface area contributed by atoms with E-state index in [1.807, 2.05) is 61.5 Å². The van der Waals surface area contributed by atoms with Gasteiger partial charge in [-0.2, -0.15) is 4.98 Å². The number of halogens is 1. The lowest BCUT2D eigenvalue weighted by Crippen LogP contribution is -2.32. The summed E-state index contributed by atoms with van der Waals surface area (Å²) in [4.78, 5) is 19.6. The van der Waals surface area contributed by atoms with Crippen molar-refractivity contribution in [3.63, 3.8) is 0 Å². The van der Waals surface area contributed by atoms with Crippen LogP contribution in [0.3, 0.4) is 0 Å². The molecule has 0 aliphatic carbocycles. The first kappa shape index (κ1) is 18.7. The van der Waals surface area contributed by atoms with Gasteiger partial charge in [-0.25, -0.2) is 0 Å². The molecule has 26 heavy (non-hydrogen) atoms. The summed E-state index contributed by atoms with van der Waals surface area (Å²) in [5.74, 6) is 0.933. The van der Waals surface area contributed by atoms with E-state index < -0.39 is 0 Å². The van der Waals surface area contributed by atoms with Gasteiger partial charge in [0.2, 0.25) is 17.6 Å². The topological polar surface area (TPSA) is 59.2 Å². The van der Waals surface area contributed by atoms with E-state index in [1.165, 1.54) is 11.8 Å². The number of rotatable bonds is 6. The minimum Gasteiger partial charge on any atom is -0.337 e. The van der Waals surface area contributed by atoms with Gasteiger partial charge in [0.1, 0.15) is 0 Å². The van der Waals surface area contributed by atoms with Gasteiger partial charge in [0.15, 0.2) is 0 Å². The number of thioether (sulfide) groups is 1. The van der Waals surface area contributed by atoms with E-state index in [0.29, 0.717) is 11.7 Å². The summed E-state index contributed by atoms with van der Waals surface area (Å²) in [5, 5.41) is 3.80. The third-order valence-corrected chi connectivity index (χ3v) is 5.30. The molecule has 0 spiro atoms. The molecule has 0 saturated heterocycles. The van der Waals surface area contributed by atoms with Crippen LogP contribution in [0.2, 0.25) is 0 Å². The summed E-state index contributed by atoms with van der Waals surface area (Å²) in [6, 6.07) is 17.6. The quantitative estimate of drug-likeness (QED) is 0.532. The van der Waals surface area contributed by atoms with Crippen LogP contribution in [-0.4, -0.2) is 33.2 Å². The summed E-state index contributed by atoms with van der Waals surface area (Å²) in [6.07, 6.45) is 0. The minimum absolute atomic E-state index is 0.0149. The Kier molecular flexibility index (Phi) is 6.11. The zero-order valence-corrected chi connectivity index (χ0v) is 16.8. The second-order valence-electron chi connectivity index (χ2n) is 5.79. The van der Waals surface area contributed by atoms with Gasteiger partial charge in [0.25, 0.3) is 0 Å². The summed E-state index contributed by atoms with van der Waals surface area (Å²) in [7, 11) is 1.74. The normalized spacial score (nSPS) is 12.0. The predicted octanol–water partition coefficient (Wildman–Crippen LogP) is 4.64. The lowest BCUT2D eigenvalue weighted by atomic mass is 10.2. The maximum atomic E-state index is 12.6. The monoisotopic (exact) mass is 431 g/mol. The number of amides is 1. The molecule has 7 heteroatoms. The standard InChI is InChI=1S/C19H18BrN3O2S/c1-13(26-16-9-4-3-5-10-16)19(24)23(2)12-17-21-18(22-25-17)14-7-6-8-15(20)11-14/h3-11,13H,12H2,1-2H3. The van der Waals surface area contributed by atoms with E-state index in [-0.39, 0.29) is 17.7 Å². The van der Waals surface area contributed by atoms with Gasteiger partial charge >= 0.3 is 0 Å². The average Bonchev–Trinajstić information content (AvgIpc) is 3.10. The molecule has 0 bridgehead atoms. The maximum Gasteiger partial charge on any atom is 0.246 e.